The molecule has 0 aromatic carbocycles. The van der Waals surface area contributed by atoms with Gasteiger partial charge in [0.05, 0.1) is 27.6 Å². The average molecular weight is 396 g/mol. The van der Waals surface area contributed by atoms with E-state index in [9.17, 15) is 35.1 Å². The van der Waals surface area contributed by atoms with Gasteiger partial charge in [-0.25, -0.2) is 0 Å². The monoisotopic (exact) mass is 396 g/mol. The lowest BCUT2D eigenvalue weighted by Gasteiger charge is -1.99. The smallest absolute Gasteiger partial charge is 0.246 e. The molecule has 0 aromatic rings. The van der Waals surface area contributed by atoms with Crippen LogP contribution in [0.3, 0.4) is 0 Å². The summed E-state index contributed by atoms with van der Waals surface area (Å²) in [5, 5.41) is 33.3. The molecule has 0 rings (SSSR count). The first-order valence-electron chi connectivity index (χ1n) is 9.18. The number of nitrogens with zero attached hydrogens (tertiary/aromatic N) is 3. The zero-order chi connectivity index (χ0) is 21.4. The van der Waals surface area contributed by atoms with Crippen molar-refractivity contribution in [1.82, 2.24) is 0 Å². The Morgan fingerprint density at radius 3 is 1.82 bits per heavy atom. The van der Waals surface area contributed by atoms with Crippen molar-refractivity contribution in [3.8, 4) is 0 Å². The molecule has 0 saturated carbocycles. The van der Waals surface area contributed by atoms with Crippen LogP contribution in [0.1, 0.15) is 71.1 Å². The topological polar surface area (TPSA) is 146 Å². The van der Waals surface area contributed by atoms with Crippen LogP contribution >= 0.6 is 0 Å². The Morgan fingerprint density at radius 1 is 0.786 bits per heavy atom. The van der Waals surface area contributed by atoms with E-state index in [1.54, 1.807) is 6.29 Å². The molecule has 10 nitrogen and oxygen atoms in total. The maximum Gasteiger partial charge on any atom is 0.246 e. The van der Waals surface area contributed by atoms with Gasteiger partial charge in [-0.1, -0.05) is 19.8 Å². The predicted octanol–water partition coefficient (Wildman–Crippen LogP) is 4.50. The predicted molar refractivity (Wildman–Crippen MR) is 103 cm³/mol. The Morgan fingerprint density at radius 2 is 1.32 bits per heavy atom. The molecule has 0 saturated heterocycles. The molecule has 0 bridgehead atoms. The van der Waals surface area contributed by atoms with E-state index in [0.717, 1.165) is 31.4 Å². The molecule has 0 unspecified atom stereocenters. The van der Waals surface area contributed by atoms with Crippen molar-refractivity contribution in [2.75, 3.05) is 0 Å². The van der Waals surface area contributed by atoms with Crippen molar-refractivity contribution < 1.29 is 19.6 Å². The molecular formula is C18H26N3O7. The minimum Gasteiger partial charge on any atom is -0.291 e. The van der Waals surface area contributed by atoms with E-state index in [0.29, 0.717) is 19.3 Å². The van der Waals surface area contributed by atoms with Crippen LogP contribution in [0.4, 0.5) is 0 Å². The molecule has 0 amide bonds. The van der Waals surface area contributed by atoms with Crippen LogP contribution in [0.5, 0.6) is 0 Å². The fraction of sp³-hybridized carbons (Fsp3) is 0.611. The van der Waals surface area contributed by atoms with E-state index in [4.69, 9.17) is 0 Å². The highest BCUT2D eigenvalue weighted by molar-refractivity contribution is 5.50. The highest BCUT2D eigenvalue weighted by Crippen LogP contribution is 2.16. The summed E-state index contributed by atoms with van der Waals surface area (Å²) in [7, 11) is 0. The quantitative estimate of drug-likeness (QED) is 0.212. The maximum absolute atomic E-state index is 11.2. The van der Waals surface area contributed by atoms with Crippen molar-refractivity contribution in [3.05, 3.63) is 65.7 Å². The third-order valence-electron chi connectivity index (χ3n) is 3.95. The summed E-state index contributed by atoms with van der Waals surface area (Å²) in [6.07, 6.45) is 9.27. The zero-order valence-electron chi connectivity index (χ0n) is 16.0. The van der Waals surface area contributed by atoms with E-state index in [-0.39, 0.29) is 42.8 Å². The van der Waals surface area contributed by atoms with E-state index in [2.05, 4.69) is 0 Å². The van der Waals surface area contributed by atoms with Crippen molar-refractivity contribution in [1.29, 1.82) is 0 Å². The second kappa shape index (κ2) is 15.2. The molecule has 0 aromatic heterocycles. The zero-order valence-corrected chi connectivity index (χ0v) is 16.0. The molecule has 10 heteroatoms. The summed E-state index contributed by atoms with van der Waals surface area (Å²) < 4.78 is 0. The minimum absolute atomic E-state index is 0.0805. The number of unbranched alkanes of at least 4 members (excludes halogenated alkanes) is 5. The number of allylic oxidation sites excluding steroid dienone is 4. The van der Waals surface area contributed by atoms with Gasteiger partial charge in [-0.15, -0.1) is 0 Å². The third kappa shape index (κ3) is 11.7. The maximum atomic E-state index is 11.2. The highest BCUT2D eigenvalue weighted by Gasteiger charge is 2.17. The summed E-state index contributed by atoms with van der Waals surface area (Å²) in [5.41, 5.74) is -0.635. The molecule has 0 atom stereocenters. The van der Waals surface area contributed by atoms with Gasteiger partial charge in [0.15, 0.2) is 6.29 Å². The first-order valence-corrected chi connectivity index (χ1v) is 9.18. The van der Waals surface area contributed by atoms with Gasteiger partial charge in [-0.2, -0.15) is 0 Å². The van der Waals surface area contributed by atoms with E-state index >= 15 is 0 Å². The lowest BCUT2D eigenvalue weighted by atomic mass is 10.1. The van der Waals surface area contributed by atoms with Gasteiger partial charge in [0.2, 0.25) is 17.1 Å². The SMILES string of the molecule is CCCCC/C=C(\C/C=C(\C/C=C(\CCCC[C]=O)[N+](=O)[O-])[N+](=O)[O-])[N+](=O)[O-]. The van der Waals surface area contributed by atoms with Gasteiger partial charge < -0.3 is 0 Å². The molecule has 0 aliphatic carbocycles. The van der Waals surface area contributed by atoms with Crippen LogP contribution in [-0.2, 0) is 4.79 Å². The molecule has 0 fully saturated rings. The Bertz CT molecular complexity index is 639. The van der Waals surface area contributed by atoms with Gasteiger partial charge in [0.1, 0.15) is 0 Å². The molecule has 28 heavy (non-hydrogen) atoms. The van der Waals surface area contributed by atoms with Gasteiger partial charge in [-0.05, 0) is 43.9 Å². The summed E-state index contributed by atoms with van der Waals surface area (Å²) in [6, 6.07) is 0. The van der Waals surface area contributed by atoms with Gasteiger partial charge in [-0.3, -0.25) is 35.1 Å². The lowest BCUT2D eigenvalue weighted by Crippen LogP contribution is -2.04. The highest BCUT2D eigenvalue weighted by atomic mass is 16.6. The van der Waals surface area contributed by atoms with Gasteiger partial charge in [0, 0.05) is 12.8 Å². The van der Waals surface area contributed by atoms with E-state index in [1.807, 2.05) is 6.92 Å². The Labute approximate surface area is 163 Å². The Kier molecular flexibility index (Phi) is 13.6. The molecule has 0 aliphatic heterocycles. The van der Waals surface area contributed by atoms with Crippen LogP contribution < -0.4 is 0 Å². The molecular weight excluding hydrogens is 370 g/mol. The van der Waals surface area contributed by atoms with Crippen molar-refractivity contribution in [2.45, 2.75) is 71.1 Å². The summed E-state index contributed by atoms with van der Waals surface area (Å²) in [6.45, 7) is 2.01. The number of rotatable bonds is 16. The summed E-state index contributed by atoms with van der Waals surface area (Å²) in [4.78, 5) is 41.6. The second-order valence-corrected chi connectivity index (χ2v) is 6.11. The fourth-order valence-corrected chi connectivity index (χ4v) is 2.34. The standard InChI is InChI=1S/C18H26N3O7/c1-2-3-4-6-9-16(19(23)24)11-13-18(21(27)28)14-12-17(20(25)26)10-7-5-8-15-22/h9,12-13H,2-8,10-11,14H2,1H3/b16-9+,17-12+,18-13+. The largest absolute Gasteiger partial charge is 0.291 e. The number of hydrogen-bond acceptors (Lipinski definition) is 7. The lowest BCUT2D eigenvalue weighted by molar-refractivity contribution is -0.434. The molecule has 0 aliphatic rings. The number of carbonyl (C=O) groups excluding carboxylic acids is 1. The molecule has 0 N–H and O–H groups in total. The van der Waals surface area contributed by atoms with Gasteiger partial charge >= 0.3 is 0 Å². The first kappa shape index (κ1) is 25.1. The van der Waals surface area contributed by atoms with Crippen LogP contribution in [0.25, 0.3) is 0 Å². The summed E-state index contributed by atoms with van der Waals surface area (Å²) in [5.74, 6) is 0. The average Bonchev–Trinajstić information content (AvgIpc) is 2.63. The van der Waals surface area contributed by atoms with Crippen molar-refractivity contribution >= 4 is 6.29 Å². The van der Waals surface area contributed by atoms with Crippen LogP contribution in [-0.4, -0.2) is 21.1 Å². The van der Waals surface area contributed by atoms with Gasteiger partial charge in [0.25, 0.3) is 0 Å². The first-order chi connectivity index (χ1) is 13.3. The molecule has 155 valence electrons. The molecule has 0 spiro atoms. The Balaban J connectivity index is 5.09. The number of hydrogen-bond donors (Lipinski definition) is 0. The van der Waals surface area contributed by atoms with E-state index < -0.39 is 14.8 Å². The van der Waals surface area contributed by atoms with E-state index in [1.165, 1.54) is 6.08 Å². The second-order valence-electron chi connectivity index (χ2n) is 6.11. The summed E-state index contributed by atoms with van der Waals surface area (Å²) >= 11 is 0. The number of nitro groups is 3. The molecule has 0 heterocycles. The van der Waals surface area contributed by atoms with Crippen LogP contribution in [0.2, 0.25) is 0 Å². The Hall–Kier alpha value is -2.91. The van der Waals surface area contributed by atoms with Crippen molar-refractivity contribution in [3.63, 3.8) is 0 Å². The third-order valence-corrected chi connectivity index (χ3v) is 3.95. The normalized spacial score (nSPS) is 12.7. The fourth-order valence-electron chi connectivity index (χ4n) is 2.34. The van der Waals surface area contributed by atoms with Crippen LogP contribution in [0.15, 0.2) is 35.3 Å². The minimum atomic E-state index is -0.690. The molecule has 1 radical (unpaired) electrons. The van der Waals surface area contributed by atoms with Crippen molar-refractivity contribution in [2.24, 2.45) is 0 Å². The van der Waals surface area contributed by atoms with Crippen LogP contribution in [0, 0.1) is 30.3 Å².